The molecule has 1 aliphatic heterocycles. The van der Waals surface area contributed by atoms with E-state index in [9.17, 15) is 14.4 Å². The summed E-state index contributed by atoms with van der Waals surface area (Å²) in [5.41, 5.74) is 6.78. The third-order valence-corrected chi connectivity index (χ3v) is 12.5. The van der Waals surface area contributed by atoms with Gasteiger partial charge in [-0.3, -0.25) is 23.9 Å². The van der Waals surface area contributed by atoms with E-state index in [2.05, 4.69) is 54.7 Å². The van der Waals surface area contributed by atoms with E-state index in [0.29, 0.717) is 29.8 Å². The molecule has 3 N–H and O–H groups in total. The van der Waals surface area contributed by atoms with Gasteiger partial charge in [0.2, 0.25) is 5.95 Å². The largest absolute Gasteiger partial charge is 0.459 e. The van der Waals surface area contributed by atoms with Crippen LogP contribution in [-0.2, 0) is 18.7 Å². The van der Waals surface area contributed by atoms with E-state index in [-0.39, 0.29) is 53.4 Å². The zero-order valence-electron chi connectivity index (χ0n) is 25.0. The number of carbonyl (C=O) groups is 2. The predicted molar refractivity (Wildman–Crippen MR) is 162 cm³/mol. The zero-order chi connectivity index (χ0) is 30.8. The molecule has 0 bridgehead atoms. The van der Waals surface area contributed by atoms with Gasteiger partial charge in [-0.2, -0.15) is 4.98 Å². The highest BCUT2D eigenvalue weighted by atomic mass is 28.4. The number of nitrogens with one attached hydrogen (secondary N) is 1. The summed E-state index contributed by atoms with van der Waals surface area (Å²) in [5, 5.41) is -0.0374. The maximum atomic E-state index is 12.8. The number of rotatable bonds is 10. The van der Waals surface area contributed by atoms with E-state index in [0.717, 1.165) is 0 Å². The van der Waals surface area contributed by atoms with Crippen molar-refractivity contribution in [2.45, 2.75) is 89.9 Å². The molecule has 3 aromatic rings. The minimum absolute atomic E-state index is 0.0374. The van der Waals surface area contributed by atoms with Crippen LogP contribution in [0, 0.1) is 12.3 Å². The van der Waals surface area contributed by atoms with Crippen molar-refractivity contribution in [3.63, 3.8) is 0 Å². The van der Waals surface area contributed by atoms with Crippen molar-refractivity contribution >= 4 is 37.2 Å². The maximum Gasteiger partial charge on any atom is 0.306 e. The first-order valence-electron chi connectivity index (χ1n) is 14.0. The number of nitrogens with zero attached hydrogens (tertiary/aromatic N) is 3. The number of unbranched alkanes of at least 4 members (excludes halogenated alkanes) is 1. The van der Waals surface area contributed by atoms with E-state index in [1.165, 1.54) is 6.92 Å². The smallest absolute Gasteiger partial charge is 0.306 e. The van der Waals surface area contributed by atoms with Crippen LogP contribution in [-0.4, -0.2) is 58.4 Å². The lowest BCUT2D eigenvalue weighted by Crippen LogP contribution is -2.44. The quantitative estimate of drug-likeness (QED) is 0.113. The van der Waals surface area contributed by atoms with Crippen molar-refractivity contribution < 1.29 is 23.5 Å². The van der Waals surface area contributed by atoms with Gasteiger partial charge in [-0.15, -0.1) is 12.3 Å². The third-order valence-electron chi connectivity index (χ3n) is 7.96. The van der Waals surface area contributed by atoms with Crippen LogP contribution in [0.2, 0.25) is 18.1 Å². The molecule has 0 radical (unpaired) electrons. The summed E-state index contributed by atoms with van der Waals surface area (Å²) in [7, 11) is -2.16. The number of anilines is 1. The van der Waals surface area contributed by atoms with Gasteiger partial charge < -0.3 is 19.6 Å². The number of hydrogen-bond donors (Lipinski definition) is 2. The molecular weight excluding hydrogens is 554 g/mol. The molecule has 3 heterocycles. The minimum atomic E-state index is -2.16. The Labute approximate surface area is 246 Å². The number of H-pyrrole nitrogens is 1. The Morgan fingerprint density at radius 1 is 1.29 bits per heavy atom. The Kier molecular flexibility index (Phi) is 9.05. The Morgan fingerprint density at radius 3 is 2.69 bits per heavy atom. The van der Waals surface area contributed by atoms with Crippen LogP contribution in [0.25, 0.3) is 22.6 Å². The number of aromatic amines is 1. The van der Waals surface area contributed by atoms with Crippen molar-refractivity contribution in [2.75, 3.05) is 12.3 Å². The van der Waals surface area contributed by atoms with Crippen LogP contribution >= 0.6 is 0 Å². The summed E-state index contributed by atoms with van der Waals surface area (Å²) < 4.78 is 20.6. The van der Waals surface area contributed by atoms with Crippen LogP contribution in [0.3, 0.4) is 0 Å². The Morgan fingerprint density at radius 2 is 2.02 bits per heavy atom. The number of fused-ring (bicyclic) bond motifs is 1. The number of ketones is 1. The predicted octanol–water partition coefficient (Wildman–Crippen LogP) is 4.60. The number of Topliss-reactive ketones (excluding diaryl/α,β-unsaturated/α-hetero) is 1. The van der Waals surface area contributed by atoms with E-state index < -0.39 is 32.3 Å². The molecule has 4 rings (SSSR count). The number of nitrogens with two attached hydrogens (primary N) is 1. The Hall–Kier alpha value is -3.79. The van der Waals surface area contributed by atoms with Gasteiger partial charge in [0.15, 0.2) is 25.3 Å². The van der Waals surface area contributed by atoms with Gasteiger partial charge >= 0.3 is 5.97 Å². The van der Waals surface area contributed by atoms with Crippen LogP contribution in [0.5, 0.6) is 0 Å². The van der Waals surface area contributed by atoms with Crippen LogP contribution < -0.4 is 11.3 Å². The lowest BCUT2D eigenvalue weighted by atomic mass is 10.1. The van der Waals surface area contributed by atoms with E-state index >= 15 is 0 Å². The van der Waals surface area contributed by atoms with Crippen LogP contribution in [0.4, 0.5) is 5.95 Å². The number of hydrogen-bond acceptors (Lipinski definition) is 9. The lowest BCUT2D eigenvalue weighted by molar-refractivity contribution is -0.153. The summed E-state index contributed by atoms with van der Waals surface area (Å²) in [6, 6.07) is 6.94. The first kappa shape index (κ1) is 31.1. The summed E-state index contributed by atoms with van der Waals surface area (Å²) in [6.07, 6.45) is 4.83. The van der Waals surface area contributed by atoms with Gasteiger partial charge in [-0.1, -0.05) is 39.0 Å². The Balaban J connectivity index is 1.76. The van der Waals surface area contributed by atoms with E-state index in [4.69, 9.17) is 26.1 Å². The number of ether oxygens (including phenoxy) is 2. The van der Waals surface area contributed by atoms with Crippen molar-refractivity contribution in [3.8, 4) is 23.7 Å². The number of carbonyl (C=O) groups excluding carboxylic acids is 2. The topological polar surface area (TPSA) is 151 Å². The summed E-state index contributed by atoms with van der Waals surface area (Å²) in [6.45, 7) is 12.4. The number of imidazole rings is 1. The molecule has 1 fully saturated rings. The van der Waals surface area contributed by atoms with Crippen molar-refractivity contribution in [2.24, 2.45) is 0 Å². The van der Waals surface area contributed by atoms with Crippen LogP contribution in [0.15, 0.2) is 29.1 Å². The average molecular weight is 594 g/mol. The van der Waals surface area contributed by atoms with Gasteiger partial charge in [0.05, 0.1) is 6.61 Å². The van der Waals surface area contributed by atoms with Gasteiger partial charge in [0.25, 0.3) is 5.56 Å². The maximum absolute atomic E-state index is 12.8. The highest BCUT2D eigenvalue weighted by molar-refractivity contribution is 6.74. The molecule has 3 atom stereocenters. The zero-order valence-corrected chi connectivity index (χ0v) is 26.0. The molecule has 1 aliphatic rings. The Bertz CT molecular complexity index is 1580. The first-order chi connectivity index (χ1) is 19.7. The monoisotopic (exact) mass is 593 g/mol. The molecule has 0 aliphatic carbocycles. The molecule has 42 heavy (non-hydrogen) atoms. The third kappa shape index (κ3) is 6.64. The van der Waals surface area contributed by atoms with Gasteiger partial charge in [-0.05, 0) is 37.5 Å². The van der Waals surface area contributed by atoms with Crippen molar-refractivity contribution in [1.82, 2.24) is 19.5 Å². The summed E-state index contributed by atoms with van der Waals surface area (Å²) in [5.74, 6) is 2.34. The molecule has 0 saturated carbocycles. The fourth-order valence-electron chi connectivity index (χ4n) is 4.56. The molecule has 1 saturated heterocycles. The number of aromatic nitrogens is 4. The van der Waals surface area contributed by atoms with E-state index in [1.807, 2.05) is 0 Å². The molecule has 0 spiro atoms. The minimum Gasteiger partial charge on any atom is -0.459 e. The average Bonchev–Trinajstić information content (AvgIpc) is 3.48. The number of terminal acetylenes is 1. The normalized spacial score (nSPS) is 19.1. The van der Waals surface area contributed by atoms with Gasteiger partial charge in [0.1, 0.15) is 24.3 Å². The fraction of sp³-hybridized carbons (Fsp3) is 0.500. The molecular formula is C30H39N5O6Si. The van der Waals surface area contributed by atoms with Gasteiger partial charge in [-0.25, -0.2) is 4.98 Å². The SMILES string of the molecule is C#CCCCC(=O)O[C@H]1C[C@H](n2c(-c3cccc(C(C)=O)c3)nc3c(=O)[nH]c(N)nc32)O[C@@H]1CO[Si](C)(C)C(C)(C)C. The summed E-state index contributed by atoms with van der Waals surface area (Å²) >= 11 is 0. The number of esters is 1. The standard InChI is InChI=1S/C30H39N5O6Si/c1-8-9-10-14-24(37)41-21-16-23(40-22(21)17-39-42(6,7)30(3,4)5)35-26(20-13-11-12-19(15-20)18(2)36)32-25-27(35)33-29(31)34-28(25)38/h1,11-13,15,21-23H,9-10,14,16-17H2,2-7H3,(H3,31,33,34,38)/t21-,22+,23+/m0/s1. The molecule has 12 heteroatoms. The number of nitrogen functional groups attached to an aromatic ring is 1. The molecule has 1 aromatic carbocycles. The van der Waals surface area contributed by atoms with E-state index in [1.54, 1.807) is 28.8 Å². The molecule has 224 valence electrons. The first-order valence-corrected chi connectivity index (χ1v) is 16.9. The summed E-state index contributed by atoms with van der Waals surface area (Å²) in [4.78, 5) is 49.2. The second-order valence-electron chi connectivity index (χ2n) is 12.1. The highest BCUT2D eigenvalue weighted by Gasteiger charge is 2.44. The van der Waals surface area contributed by atoms with Crippen molar-refractivity contribution in [3.05, 3.63) is 40.2 Å². The fourth-order valence-corrected chi connectivity index (χ4v) is 5.57. The van der Waals surface area contributed by atoms with Crippen LogP contribution in [0.1, 0.15) is 70.0 Å². The highest BCUT2D eigenvalue weighted by Crippen LogP contribution is 2.40. The van der Waals surface area contributed by atoms with Crippen molar-refractivity contribution in [1.29, 1.82) is 0 Å². The molecule has 0 amide bonds. The van der Waals surface area contributed by atoms with Gasteiger partial charge in [0, 0.05) is 30.4 Å². The second-order valence-corrected chi connectivity index (χ2v) is 16.9. The molecule has 2 aromatic heterocycles. The number of benzene rings is 1. The molecule has 0 unspecified atom stereocenters. The molecule has 11 nitrogen and oxygen atoms in total. The second kappa shape index (κ2) is 12.2. The lowest BCUT2D eigenvalue weighted by Gasteiger charge is -2.37.